The van der Waals surface area contributed by atoms with Crippen molar-refractivity contribution in [3.63, 3.8) is 0 Å². The third-order valence-corrected chi connectivity index (χ3v) is 9.79. The number of methoxy groups -OCH3 is 2. The number of hydrogen-bond donors (Lipinski definition) is 1. The minimum Gasteiger partial charge on any atom is -0.497 e. The van der Waals surface area contributed by atoms with E-state index >= 15 is 0 Å². The maximum atomic E-state index is 13.6. The zero-order chi connectivity index (χ0) is 28.9. The predicted octanol–water partition coefficient (Wildman–Crippen LogP) is 2.70. The molecular formula is C26H28FN3O8S2. The fourth-order valence-electron chi connectivity index (χ4n) is 4.01. The SMILES string of the molecule is COc1ccc(S(=O)(=O)N(CC(=O)Nc2ccc(OC)c(S(=O)(=O)N3CCOCC3)c2)c2ccc(F)cc2)cc1. The quantitative estimate of drug-likeness (QED) is 0.380. The highest BCUT2D eigenvalue weighted by molar-refractivity contribution is 7.92. The Morgan fingerprint density at radius 2 is 1.60 bits per heavy atom. The number of ether oxygens (including phenoxy) is 3. The number of nitrogens with one attached hydrogen (secondary N) is 1. The molecule has 0 bridgehead atoms. The summed E-state index contributed by atoms with van der Waals surface area (Å²) >= 11 is 0. The smallest absolute Gasteiger partial charge is 0.264 e. The monoisotopic (exact) mass is 593 g/mol. The van der Waals surface area contributed by atoms with E-state index in [1.807, 2.05) is 0 Å². The number of benzene rings is 3. The summed E-state index contributed by atoms with van der Waals surface area (Å²) in [4.78, 5) is 12.9. The van der Waals surface area contributed by atoms with Crippen LogP contribution in [-0.4, -0.2) is 74.1 Å². The van der Waals surface area contributed by atoms with Gasteiger partial charge in [-0.15, -0.1) is 0 Å². The first-order chi connectivity index (χ1) is 19.1. The van der Waals surface area contributed by atoms with Gasteiger partial charge in [-0.05, 0) is 66.7 Å². The van der Waals surface area contributed by atoms with E-state index in [1.165, 1.54) is 73.1 Å². The van der Waals surface area contributed by atoms with E-state index in [2.05, 4.69) is 5.32 Å². The second-order valence-corrected chi connectivity index (χ2v) is 12.4. The molecule has 0 aliphatic carbocycles. The minimum absolute atomic E-state index is 0.0534. The molecule has 1 saturated heterocycles. The van der Waals surface area contributed by atoms with E-state index in [0.717, 1.165) is 16.4 Å². The number of sulfonamides is 2. The fourth-order valence-corrected chi connectivity index (χ4v) is 7.02. The van der Waals surface area contributed by atoms with Gasteiger partial charge in [0, 0.05) is 18.8 Å². The lowest BCUT2D eigenvalue weighted by molar-refractivity contribution is -0.114. The Morgan fingerprint density at radius 3 is 2.20 bits per heavy atom. The molecule has 1 aliphatic rings. The lowest BCUT2D eigenvalue weighted by atomic mass is 10.3. The molecule has 40 heavy (non-hydrogen) atoms. The molecule has 1 fully saturated rings. The average Bonchev–Trinajstić information content (AvgIpc) is 2.97. The lowest BCUT2D eigenvalue weighted by Crippen LogP contribution is -2.40. The van der Waals surface area contributed by atoms with Gasteiger partial charge in [-0.1, -0.05) is 0 Å². The highest BCUT2D eigenvalue weighted by atomic mass is 32.2. The molecule has 11 nitrogen and oxygen atoms in total. The normalized spacial score (nSPS) is 14.4. The van der Waals surface area contributed by atoms with E-state index in [0.29, 0.717) is 5.75 Å². The van der Waals surface area contributed by atoms with Gasteiger partial charge in [0.2, 0.25) is 15.9 Å². The molecule has 1 aliphatic heterocycles. The van der Waals surface area contributed by atoms with E-state index in [9.17, 15) is 26.0 Å². The Balaban J connectivity index is 1.63. The molecule has 0 aromatic heterocycles. The van der Waals surface area contributed by atoms with Gasteiger partial charge in [-0.2, -0.15) is 4.31 Å². The molecule has 0 radical (unpaired) electrons. The van der Waals surface area contributed by atoms with Gasteiger partial charge in [0.15, 0.2) is 0 Å². The van der Waals surface area contributed by atoms with E-state index < -0.39 is 38.3 Å². The zero-order valence-electron chi connectivity index (χ0n) is 21.7. The van der Waals surface area contributed by atoms with Crippen LogP contribution in [0.3, 0.4) is 0 Å². The molecule has 0 saturated carbocycles. The van der Waals surface area contributed by atoms with Crippen molar-refractivity contribution in [3.05, 3.63) is 72.5 Å². The van der Waals surface area contributed by atoms with Gasteiger partial charge >= 0.3 is 0 Å². The van der Waals surface area contributed by atoms with Crippen molar-refractivity contribution in [2.45, 2.75) is 9.79 Å². The summed E-state index contributed by atoms with van der Waals surface area (Å²) in [6.07, 6.45) is 0. The maximum absolute atomic E-state index is 13.6. The summed E-state index contributed by atoms with van der Waals surface area (Å²) in [5.41, 5.74) is 0.163. The molecule has 3 aromatic rings. The third kappa shape index (κ3) is 6.36. The molecule has 0 unspecified atom stereocenters. The van der Waals surface area contributed by atoms with Crippen molar-refractivity contribution in [1.29, 1.82) is 0 Å². The number of carbonyl (C=O) groups excluding carboxylic acids is 1. The van der Waals surface area contributed by atoms with Crippen LogP contribution in [0.4, 0.5) is 15.8 Å². The molecule has 1 N–H and O–H groups in total. The van der Waals surface area contributed by atoms with Crippen LogP contribution in [0.5, 0.6) is 11.5 Å². The highest BCUT2D eigenvalue weighted by Crippen LogP contribution is 2.31. The summed E-state index contributed by atoms with van der Waals surface area (Å²) in [6, 6.07) is 14.3. The molecule has 0 atom stereocenters. The van der Waals surface area contributed by atoms with Crippen LogP contribution in [0.2, 0.25) is 0 Å². The fraction of sp³-hybridized carbons (Fsp3) is 0.269. The molecule has 0 spiro atoms. The zero-order valence-corrected chi connectivity index (χ0v) is 23.4. The van der Waals surface area contributed by atoms with Gasteiger partial charge in [-0.3, -0.25) is 9.10 Å². The minimum atomic E-state index is -4.28. The Hall–Kier alpha value is -3.72. The Morgan fingerprint density at radius 1 is 0.950 bits per heavy atom. The molecule has 1 heterocycles. The molecule has 3 aromatic carbocycles. The number of anilines is 2. The molecule has 1 amide bonds. The summed E-state index contributed by atoms with van der Waals surface area (Å²) in [7, 11) is -5.48. The van der Waals surface area contributed by atoms with Crippen LogP contribution >= 0.6 is 0 Å². The average molecular weight is 594 g/mol. The van der Waals surface area contributed by atoms with Crippen LogP contribution < -0.4 is 19.1 Å². The van der Waals surface area contributed by atoms with Crippen molar-refractivity contribution in [2.75, 3.05) is 56.7 Å². The van der Waals surface area contributed by atoms with Crippen molar-refractivity contribution in [1.82, 2.24) is 4.31 Å². The standard InChI is InChI=1S/C26H28FN3O8S2/c1-36-22-8-10-23(11-9-22)39(32,33)30(21-6-3-19(27)4-7-21)18-26(31)28-20-5-12-24(37-2)25(17-20)40(34,35)29-13-15-38-16-14-29/h3-12,17H,13-16,18H2,1-2H3,(H,28,31). The van der Waals surface area contributed by atoms with Crippen molar-refractivity contribution in [3.8, 4) is 11.5 Å². The molecule has 14 heteroatoms. The van der Waals surface area contributed by atoms with E-state index in [1.54, 1.807) is 0 Å². The first kappa shape index (κ1) is 29.3. The Bertz CT molecular complexity index is 1560. The maximum Gasteiger partial charge on any atom is 0.264 e. The topological polar surface area (TPSA) is 132 Å². The number of carbonyl (C=O) groups is 1. The first-order valence-corrected chi connectivity index (χ1v) is 14.9. The largest absolute Gasteiger partial charge is 0.497 e. The lowest BCUT2D eigenvalue weighted by Gasteiger charge is -2.27. The number of nitrogens with zero attached hydrogens (tertiary/aromatic N) is 2. The van der Waals surface area contributed by atoms with Crippen LogP contribution in [0.25, 0.3) is 0 Å². The Labute approximate surface area is 232 Å². The van der Waals surface area contributed by atoms with Crippen molar-refractivity contribution >= 4 is 37.3 Å². The Kier molecular flexibility index (Phi) is 8.93. The first-order valence-electron chi connectivity index (χ1n) is 12.0. The number of amides is 1. The van der Waals surface area contributed by atoms with Gasteiger partial charge in [0.25, 0.3) is 10.0 Å². The number of morpholine rings is 1. The van der Waals surface area contributed by atoms with E-state index in [-0.39, 0.29) is 53.2 Å². The van der Waals surface area contributed by atoms with Gasteiger partial charge in [-0.25, -0.2) is 21.2 Å². The van der Waals surface area contributed by atoms with Crippen LogP contribution in [-0.2, 0) is 29.6 Å². The third-order valence-electron chi connectivity index (χ3n) is 6.08. The molecule has 4 rings (SSSR count). The summed E-state index contributed by atoms with van der Waals surface area (Å²) in [5, 5.41) is 2.56. The number of halogens is 1. The highest BCUT2D eigenvalue weighted by Gasteiger charge is 2.31. The van der Waals surface area contributed by atoms with Gasteiger partial charge in [0.05, 0.1) is 38.0 Å². The summed E-state index contributed by atoms with van der Waals surface area (Å²) in [6.45, 7) is 0.146. The number of hydrogen-bond acceptors (Lipinski definition) is 8. The van der Waals surface area contributed by atoms with Crippen LogP contribution in [0, 0.1) is 5.82 Å². The van der Waals surface area contributed by atoms with Crippen molar-refractivity contribution in [2.24, 2.45) is 0 Å². The molecule has 214 valence electrons. The van der Waals surface area contributed by atoms with E-state index in [4.69, 9.17) is 14.2 Å². The van der Waals surface area contributed by atoms with Gasteiger partial charge in [0.1, 0.15) is 28.8 Å². The second kappa shape index (κ2) is 12.2. The van der Waals surface area contributed by atoms with Crippen molar-refractivity contribution < 1.29 is 40.2 Å². The predicted molar refractivity (Wildman–Crippen MR) is 145 cm³/mol. The van der Waals surface area contributed by atoms with Gasteiger partial charge < -0.3 is 19.5 Å². The number of rotatable bonds is 10. The van der Waals surface area contributed by atoms with Crippen LogP contribution in [0.15, 0.2) is 76.5 Å². The summed E-state index contributed by atoms with van der Waals surface area (Å²) < 4.78 is 84.9. The molecular weight excluding hydrogens is 565 g/mol. The summed E-state index contributed by atoms with van der Waals surface area (Å²) in [5.74, 6) is -0.824. The van der Waals surface area contributed by atoms with Crippen LogP contribution in [0.1, 0.15) is 0 Å². The second-order valence-electron chi connectivity index (χ2n) is 8.59.